The SMILES string of the molecule is CC(C)CNC(=O)CCc1ccc2c(c1)CN(C(C)C)CC(=O)NCCCCCO2. The lowest BCUT2D eigenvalue weighted by molar-refractivity contribution is -0.123. The molecule has 2 amide bonds. The molecular weight excluding hydrogens is 378 g/mol. The third kappa shape index (κ3) is 8.74. The van der Waals surface area contributed by atoms with Crippen LogP contribution < -0.4 is 15.4 Å². The van der Waals surface area contributed by atoms with E-state index in [9.17, 15) is 9.59 Å². The Morgan fingerprint density at radius 2 is 1.97 bits per heavy atom. The second kappa shape index (κ2) is 12.6. The molecule has 30 heavy (non-hydrogen) atoms. The monoisotopic (exact) mass is 417 g/mol. The molecule has 1 aromatic carbocycles. The molecule has 1 aromatic rings. The van der Waals surface area contributed by atoms with Gasteiger partial charge in [0.25, 0.3) is 0 Å². The van der Waals surface area contributed by atoms with Gasteiger partial charge in [0.05, 0.1) is 13.2 Å². The highest BCUT2D eigenvalue weighted by Crippen LogP contribution is 2.24. The van der Waals surface area contributed by atoms with E-state index in [1.165, 1.54) is 0 Å². The van der Waals surface area contributed by atoms with E-state index in [0.29, 0.717) is 45.0 Å². The Kier molecular flexibility index (Phi) is 10.1. The lowest BCUT2D eigenvalue weighted by Crippen LogP contribution is -2.40. The van der Waals surface area contributed by atoms with Gasteiger partial charge in [-0.15, -0.1) is 0 Å². The van der Waals surface area contributed by atoms with E-state index in [1.807, 2.05) is 6.07 Å². The molecule has 0 bridgehead atoms. The van der Waals surface area contributed by atoms with Crippen LogP contribution in [0.3, 0.4) is 0 Å². The van der Waals surface area contributed by atoms with Crippen molar-refractivity contribution in [2.24, 2.45) is 5.92 Å². The molecule has 0 saturated heterocycles. The summed E-state index contributed by atoms with van der Waals surface area (Å²) in [5, 5.41) is 6.01. The molecule has 0 aliphatic carbocycles. The van der Waals surface area contributed by atoms with Gasteiger partial charge in [-0.1, -0.05) is 26.0 Å². The highest BCUT2D eigenvalue weighted by Gasteiger charge is 2.18. The fraction of sp³-hybridized carbons (Fsp3) is 0.667. The van der Waals surface area contributed by atoms with Crippen molar-refractivity contribution in [1.29, 1.82) is 0 Å². The highest BCUT2D eigenvalue weighted by atomic mass is 16.5. The van der Waals surface area contributed by atoms with Crippen molar-refractivity contribution in [2.45, 2.75) is 72.4 Å². The maximum atomic E-state index is 12.3. The van der Waals surface area contributed by atoms with Gasteiger partial charge in [-0.2, -0.15) is 0 Å². The van der Waals surface area contributed by atoms with Gasteiger partial charge in [0, 0.05) is 37.7 Å². The number of amides is 2. The quantitative estimate of drug-likeness (QED) is 0.745. The topological polar surface area (TPSA) is 70.7 Å². The first kappa shape index (κ1) is 24.2. The van der Waals surface area contributed by atoms with Crippen LogP contribution in [0.5, 0.6) is 5.75 Å². The summed E-state index contributed by atoms with van der Waals surface area (Å²) in [6.07, 6.45) is 4.15. The van der Waals surface area contributed by atoms with Crippen molar-refractivity contribution in [3.8, 4) is 5.75 Å². The van der Waals surface area contributed by atoms with E-state index >= 15 is 0 Å². The van der Waals surface area contributed by atoms with Crippen LogP contribution in [0.15, 0.2) is 18.2 Å². The van der Waals surface area contributed by atoms with Gasteiger partial charge in [-0.3, -0.25) is 14.5 Å². The number of nitrogens with one attached hydrogen (secondary N) is 2. The lowest BCUT2D eigenvalue weighted by Gasteiger charge is -2.27. The van der Waals surface area contributed by atoms with Crippen LogP contribution in [0.1, 0.15) is 64.5 Å². The first-order chi connectivity index (χ1) is 14.3. The Bertz CT molecular complexity index is 688. The van der Waals surface area contributed by atoms with Gasteiger partial charge in [0.1, 0.15) is 5.75 Å². The minimum absolute atomic E-state index is 0.0726. The molecule has 2 rings (SSSR count). The lowest BCUT2D eigenvalue weighted by atomic mass is 10.0. The number of fused-ring (bicyclic) bond motifs is 1. The number of benzene rings is 1. The maximum absolute atomic E-state index is 12.3. The van der Waals surface area contributed by atoms with Crippen LogP contribution in [-0.4, -0.2) is 49.0 Å². The Balaban J connectivity index is 2.13. The Hall–Kier alpha value is -2.08. The average molecular weight is 418 g/mol. The number of aryl methyl sites for hydroxylation is 1. The Morgan fingerprint density at radius 3 is 2.70 bits per heavy atom. The van der Waals surface area contributed by atoms with Crippen LogP contribution in [0, 0.1) is 5.92 Å². The predicted octanol–water partition coefficient (Wildman–Crippen LogP) is 3.28. The molecule has 0 radical (unpaired) electrons. The summed E-state index contributed by atoms with van der Waals surface area (Å²) in [5.74, 6) is 1.49. The summed E-state index contributed by atoms with van der Waals surface area (Å²) >= 11 is 0. The highest BCUT2D eigenvalue weighted by molar-refractivity contribution is 5.78. The molecule has 0 atom stereocenters. The normalized spacial score (nSPS) is 16.7. The summed E-state index contributed by atoms with van der Waals surface area (Å²) in [6, 6.07) is 6.45. The van der Waals surface area contributed by atoms with E-state index < -0.39 is 0 Å². The molecule has 0 spiro atoms. The zero-order valence-corrected chi connectivity index (χ0v) is 19.1. The molecule has 0 unspecified atom stereocenters. The third-order valence-electron chi connectivity index (χ3n) is 5.32. The van der Waals surface area contributed by atoms with E-state index in [-0.39, 0.29) is 17.9 Å². The van der Waals surface area contributed by atoms with E-state index in [1.54, 1.807) is 0 Å². The summed E-state index contributed by atoms with van der Waals surface area (Å²) < 4.78 is 6.09. The van der Waals surface area contributed by atoms with Gasteiger partial charge in [-0.25, -0.2) is 0 Å². The van der Waals surface area contributed by atoms with Gasteiger partial charge >= 0.3 is 0 Å². The fourth-order valence-corrected chi connectivity index (χ4v) is 3.41. The Morgan fingerprint density at radius 1 is 1.17 bits per heavy atom. The fourth-order valence-electron chi connectivity index (χ4n) is 3.41. The van der Waals surface area contributed by atoms with E-state index in [2.05, 4.69) is 55.4 Å². The van der Waals surface area contributed by atoms with Crippen molar-refractivity contribution in [1.82, 2.24) is 15.5 Å². The van der Waals surface area contributed by atoms with Crippen molar-refractivity contribution in [3.63, 3.8) is 0 Å². The number of hydrogen-bond donors (Lipinski definition) is 2. The van der Waals surface area contributed by atoms with Crippen molar-refractivity contribution >= 4 is 11.8 Å². The maximum Gasteiger partial charge on any atom is 0.234 e. The molecule has 1 aliphatic rings. The zero-order chi connectivity index (χ0) is 21.9. The second-order valence-corrected chi connectivity index (χ2v) is 8.90. The van der Waals surface area contributed by atoms with Crippen molar-refractivity contribution < 1.29 is 14.3 Å². The molecule has 1 heterocycles. The van der Waals surface area contributed by atoms with Crippen LogP contribution in [0.4, 0.5) is 0 Å². The zero-order valence-electron chi connectivity index (χ0n) is 19.1. The van der Waals surface area contributed by atoms with Gasteiger partial charge in [0.15, 0.2) is 0 Å². The number of ether oxygens (including phenoxy) is 1. The molecule has 168 valence electrons. The second-order valence-electron chi connectivity index (χ2n) is 8.90. The molecule has 1 aliphatic heterocycles. The Labute approximate surface area is 181 Å². The van der Waals surface area contributed by atoms with Crippen LogP contribution in [0.2, 0.25) is 0 Å². The standard InChI is InChI=1S/C24H39N3O3/c1-18(2)15-26-23(28)11-9-20-8-10-22-21(14-20)16-27(19(3)4)17-24(29)25-12-6-5-7-13-30-22/h8,10,14,18-19H,5-7,9,11-13,15-17H2,1-4H3,(H,25,29)(H,26,28). The predicted molar refractivity (Wildman–Crippen MR) is 121 cm³/mol. The molecule has 6 heteroatoms. The number of nitrogens with zero attached hydrogens (tertiary/aromatic N) is 1. The summed E-state index contributed by atoms with van der Waals surface area (Å²) in [7, 11) is 0. The minimum Gasteiger partial charge on any atom is -0.493 e. The first-order valence-electron chi connectivity index (χ1n) is 11.4. The number of carbonyl (C=O) groups excluding carboxylic acids is 2. The summed E-state index contributed by atoms with van der Waals surface area (Å²) in [5.41, 5.74) is 2.20. The van der Waals surface area contributed by atoms with Gasteiger partial charge in [-0.05, 0) is 57.1 Å². The molecular formula is C24H39N3O3. The van der Waals surface area contributed by atoms with Gasteiger partial charge < -0.3 is 15.4 Å². The van der Waals surface area contributed by atoms with Crippen LogP contribution in [0.25, 0.3) is 0 Å². The minimum atomic E-state index is 0.0726. The summed E-state index contributed by atoms with van der Waals surface area (Å²) in [4.78, 5) is 26.6. The molecule has 0 aromatic heterocycles. The van der Waals surface area contributed by atoms with E-state index in [4.69, 9.17) is 4.74 Å². The van der Waals surface area contributed by atoms with Crippen molar-refractivity contribution in [2.75, 3.05) is 26.2 Å². The molecule has 6 nitrogen and oxygen atoms in total. The molecule has 2 N–H and O–H groups in total. The van der Waals surface area contributed by atoms with Gasteiger partial charge in [0.2, 0.25) is 11.8 Å². The molecule has 0 fully saturated rings. The molecule has 0 saturated carbocycles. The average Bonchev–Trinajstić information content (AvgIpc) is 2.71. The number of carbonyl (C=O) groups is 2. The first-order valence-corrected chi connectivity index (χ1v) is 11.4. The number of hydrogen-bond acceptors (Lipinski definition) is 4. The van der Waals surface area contributed by atoms with Crippen LogP contribution in [-0.2, 0) is 22.6 Å². The smallest absolute Gasteiger partial charge is 0.234 e. The number of rotatable bonds is 6. The third-order valence-corrected chi connectivity index (χ3v) is 5.32. The van der Waals surface area contributed by atoms with E-state index in [0.717, 1.165) is 42.7 Å². The van der Waals surface area contributed by atoms with Crippen LogP contribution >= 0.6 is 0 Å². The largest absolute Gasteiger partial charge is 0.493 e. The van der Waals surface area contributed by atoms with Crippen molar-refractivity contribution in [3.05, 3.63) is 29.3 Å². The summed E-state index contributed by atoms with van der Waals surface area (Å²) in [6.45, 7) is 11.5.